The van der Waals surface area contributed by atoms with Gasteiger partial charge in [0.15, 0.2) is 5.82 Å². The number of hydrogen-bond donors (Lipinski definition) is 2. The van der Waals surface area contributed by atoms with Gasteiger partial charge in [0.05, 0.1) is 35.6 Å². The zero-order valence-corrected chi connectivity index (χ0v) is 13.3. The van der Waals surface area contributed by atoms with Crippen molar-refractivity contribution in [2.45, 2.75) is 0 Å². The van der Waals surface area contributed by atoms with E-state index in [9.17, 15) is 5.11 Å². The van der Waals surface area contributed by atoms with Crippen LogP contribution in [-0.2, 0) is 4.74 Å². The maximum absolute atomic E-state index is 9.58. The third-order valence-electron chi connectivity index (χ3n) is 4.13. The monoisotopic (exact) mass is 327 g/mol. The lowest BCUT2D eigenvalue weighted by atomic mass is 9.87. The van der Waals surface area contributed by atoms with E-state index in [-0.39, 0.29) is 12.0 Å². The summed E-state index contributed by atoms with van der Waals surface area (Å²) in [7, 11) is 0. The molecule has 0 bridgehead atoms. The number of benzene rings is 1. The number of fused-ring (bicyclic) bond motifs is 1. The largest absolute Gasteiger partial charge is 0.396 e. The zero-order chi connectivity index (χ0) is 15.7. The summed E-state index contributed by atoms with van der Waals surface area (Å²) >= 11 is 1.62. The van der Waals surface area contributed by atoms with E-state index in [4.69, 9.17) is 9.72 Å². The quantitative estimate of drug-likeness (QED) is 0.754. The molecule has 1 aliphatic heterocycles. The molecule has 0 unspecified atom stereocenters. The van der Waals surface area contributed by atoms with Crippen molar-refractivity contribution in [2.24, 2.45) is 5.41 Å². The molecule has 3 aromatic rings. The highest BCUT2D eigenvalue weighted by Gasteiger charge is 2.38. The van der Waals surface area contributed by atoms with Crippen LogP contribution in [0.1, 0.15) is 0 Å². The summed E-state index contributed by atoms with van der Waals surface area (Å²) in [5, 5.41) is 16.0. The first-order valence-electron chi connectivity index (χ1n) is 7.53. The molecule has 1 fully saturated rings. The number of nitrogens with zero attached hydrogens (tertiary/aromatic N) is 2. The number of para-hydroxylation sites is 1. The van der Waals surface area contributed by atoms with Crippen molar-refractivity contribution in [1.29, 1.82) is 0 Å². The van der Waals surface area contributed by atoms with Crippen LogP contribution in [0.3, 0.4) is 0 Å². The number of aliphatic hydroxyl groups is 1. The van der Waals surface area contributed by atoms with Crippen molar-refractivity contribution >= 4 is 28.1 Å². The van der Waals surface area contributed by atoms with Gasteiger partial charge in [-0.2, -0.15) is 0 Å². The Labute approximate surface area is 138 Å². The van der Waals surface area contributed by atoms with Crippen LogP contribution in [0.4, 0.5) is 5.82 Å². The second-order valence-corrected chi connectivity index (χ2v) is 6.84. The first-order valence-corrected chi connectivity index (χ1v) is 8.41. The predicted molar refractivity (Wildman–Crippen MR) is 91.7 cm³/mol. The topological polar surface area (TPSA) is 67.3 Å². The normalized spacial score (nSPS) is 16.2. The van der Waals surface area contributed by atoms with E-state index in [1.165, 1.54) is 0 Å². The Kier molecular flexibility index (Phi) is 3.72. The van der Waals surface area contributed by atoms with E-state index in [0.29, 0.717) is 19.8 Å². The van der Waals surface area contributed by atoms with Crippen LogP contribution >= 0.6 is 11.3 Å². The zero-order valence-electron chi connectivity index (χ0n) is 12.5. The van der Waals surface area contributed by atoms with Crippen LogP contribution < -0.4 is 5.32 Å². The summed E-state index contributed by atoms with van der Waals surface area (Å²) in [4.78, 5) is 10.4. The molecule has 4 rings (SSSR count). The summed E-state index contributed by atoms with van der Waals surface area (Å²) in [5.41, 5.74) is 0.714. The average molecular weight is 327 g/mol. The van der Waals surface area contributed by atoms with Crippen LogP contribution in [0.5, 0.6) is 0 Å². The molecule has 1 aliphatic rings. The molecule has 0 radical (unpaired) electrons. The van der Waals surface area contributed by atoms with Crippen molar-refractivity contribution in [3.63, 3.8) is 0 Å². The number of rotatable bonds is 5. The number of aliphatic hydroxyl groups excluding tert-OH is 1. The smallest absolute Gasteiger partial charge is 0.172 e. The molecule has 5 nitrogen and oxygen atoms in total. The van der Waals surface area contributed by atoms with Gasteiger partial charge in [-0.25, -0.2) is 9.97 Å². The third-order valence-corrected chi connectivity index (χ3v) is 4.99. The van der Waals surface area contributed by atoms with Gasteiger partial charge in [-0.1, -0.05) is 18.2 Å². The van der Waals surface area contributed by atoms with Crippen molar-refractivity contribution in [1.82, 2.24) is 9.97 Å². The number of ether oxygens (including phenoxy) is 1. The number of hydrogen-bond acceptors (Lipinski definition) is 6. The van der Waals surface area contributed by atoms with Gasteiger partial charge in [-0.3, -0.25) is 0 Å². The molecule has 2 aromatic heterocycles. The minimum Gasteiger partial charge on any atom is -0.396 e. The molecule has 2 N–H and O–H groups in total. The molecule has 0 saturated carbocycles. The van der Waals surface area contributed by atoms with Gasteiger partial charge >= 0.3 is 0 Å². The lowest BCUT2D eigenvalue weighted by Crippen LogP contribution is -2.50. The van der Waals surface area contributed by atoms with Gasteiger partial charge in [0, 0.05) is 11.9 Å². The van der Waals surface area contributed by atoms with E-state index < -0.39 is 0 Å². The number of aromatic nitrogens is 2. The molecule has 118 valence electrons. The van der Waals surface area contributed by atoms with Crippen molar-refractivity contribution in [2.75, 3.05) is 31.7 Å². The number of thiophene rings is 1. The fraction of sp³-hybridized carbons (Fsp3) is 0.294. The molecule has 1 saturated heterocycles. The second-order valence-electron chi connectivity index (χ2n) is 5.89. The summed E-state index contributed by atoms with van der Waals surface area (Å²) < 4.78 is 5.26. The Morgan fingerprint density at radius 2 is 2.04 bits per heavy atom. The van der Waals surface area contributed by atoms with Crippen molar-refractivity contribution in [3.05, 3.63) is 41.8 Å². The maximum Gasteiger partial charge on any atom is 0.172 e. The van der Waals surface area contributed by atoms with Crippen LogP contribution in [0.25, 0.3) is 21.6 Å². The van der Waals surface area contributed by atoms with Crippen LogP contribution in [0.15, 0.2) is 41.8 Å². The molecule has 0 amide bonds. The fourth-order valence-corrected chi connectivity index (χ4v) is 3.30. The fourth-order valence-electron chi connectivity index (χ4n) is 2.64. The predicted octanol–water partition coefficient (Wildman–Crippen LogP) is 2.78. The minimum atomic E-state index is -0.199. The Hall–Kier alpha value is -2.02. The highest BCUT2D eigenvalue weighted by Crippen LogP contribution is 2.30. The molecular weight excluding hydrogens is 310 g/mol. The molecule has 23 heavy (non-hydrogen) atoms. The lowest BCUT2D eigenvalue weighted by molar-refractivity contribution is -0.128. The summed E-state index contributed by atoms with van der Waals surface area (Å²) in [6.07, 6.45) is 0. The van der Waals surface area contributed by atoms with E-state index in [1.807, 2.05) is 41.8 Å². The Bertz CT molecular complexity index is 810. The first-order chi connectivity index (χ1) is 11.3. The summed E-state index contributed by atoms with van der Waals surface area (Å²) in [6.45, 7) is 1.91. The SMILES string of the molecule is OCC1(CNc2nc(-c3cccs3)nc3ccccc23)COC1. The summed E-state index contributed by atoms with van der Waals surface area (Å²) in [6, 6.07) is 12.0. The Balaban J connectivity index is 1.71. The number of anilines is 1. The highest BCUT2D eigenvalue weighted by atomic mass is 32.1. The summed E-state index contributed by atoms with van der Waals surface area (Å²) in [5.74, 6) is 1.53. The van der Waals surface area contributed by atoms with Crippen LogP contribution in [0, 0.1) is 5.41 Å². The molecule has 6 heteroatoms. The standard InChI is InChI=1S/C17H17N3O2S/c21-9-17(10-22-11-17)8-18-15-12-4-1-2-5-13(12)19-16(20-15)14-6-3-7-23-14/h1-7,21H,8-11H2,(H,18,19,20). The van der Waals surface area contributed by atoms with E-state index in [2.05, 4.69) is 10.3 Å². The minimum absolute atomic E-state index is 0.112. The molecule has 1 aromatic carbocycles. The van der Waals surface area contributed by atoms with Gasteiger partial charge in [-0.15, -0.1) is 11.3 Å². The van der Waals surface area contributed by atoms with E-state index in [1.54, 1.807) is 11.3 Å². The van der Waals surface area contributed by atoms with Gasteiger partial charge in [0.25, 0.3) is 0 Å². The molecule has 3 heterocycles. The molecular formula is C17H17N3O2S. The Morgan fingerprint density at radius 3 is 2.74 bits per heavy atom. The maximum atomic E-state index is 9.58. The number of nitrogens with one attached hydrogen (secondary N) is 1. The van der Waals surface area contributed by atoms with Crippen molar-refractivity contribution in [3.8, 4) is 10.7 Å². The third kappa shape index (κ3) is 2.69. The molecule has 0 spiro atoms. The van der Waals surface area contributed by atoms with Crippen LogP contribution in [-0.4, -0.2) is 41.4 Å². The Morgan fingerprint density at radius 1 is 1.17 bits per heavy atom. The molecule has 0 atom stereocenters. The molecule has 0 aliphatic carbocycles. The van der Waals surface area contributed by atoms with Crippen LogP contribution in [0.2, 0.25) is 0 Å². The second kappa shape index (κ2) is 5.88. The van der Waals surface area contributed by atoms with Gasteiger partial charge < -0.3 is 15.2 Å². The van der Waals surface area contributed by atoms with Gasteiger partial charge in [0.2, 0.25) is 0 Å². The van der Waals surface area contributed by atoms with E-state index >= 15 is 0 Å². The highest BCUT2D eigenvalue weighted by molar-refractivity contribution is 7.13. The average Bonchev–Trinajstić information content (AvgIpc) is 3.08. The first kappa shape index (κ1) is 14.6. The van der Waals surface area contributed by atoms with Gasteiger partial charge in [0.1, 0.15) is 5.82 Å². The lowest BCUT2D eigenvalue weighted by Gasteiger charge is -2.40. The van der Waals surface area contributed by atoms with Crippen molar-refractivity contribution < 1.29 is 9.84 Å². The van der Waals surface area contributed by atoms with E-state index in [0.717, 1.165) is 27.4 Å². The van der Waals surface area contributed by atoms with Gasteiger partial charge in [-0.05, 0) is 23.6 Å².